The Balaban J connectivity index is 1.93. The SMILES string of the molecule is Cc1ccc2c3c(ccc2c1)C(=O)c1c(OS(=O)(=O)C(F)(F)F)cccc1C3=O. The van der Waals surface area contributed by atoms with Crippen LogP contribution < -0.4 is 4.18 Å². The van der Waals surface area contributed by atoms with Crippen LogP contribution in [0.15, 0.2) is 48.5 Å². The predicted molar refractivity (Wildman–Crippen MR) is 97.6 cm³/mol. The maximum atomic E-state index is 13.1. The molecule has 5 nitrogen and oxygen atoms in total. The Bertz CT molecular complexity index is 1320. The minimum absolute atomic E-state index is 0.0284. The number of hydrogen-bond donors (Lipinski definition) is 0. The summed E-state index contributed by atoms with van der Waals surface area (Å²) < 4.78 is 65.1. The molecule has 1 aliphatic carbocycles. The summed E-state index contributed by atoms with van der Waals surface area (Å²) in [6, 6.07) is 11.6. The van der Waals surface area contributed by atoms with Crippen molar-refractivity contribution in [2.75, 3.05) is 0 Å². The fourth-order valence-corrected chi connectivity index (χ4v) is 3.81. The van der Waals surface area contributed by atoms with Gasteiger partial charge in [0, 0.05) is 16.7 Å². The molecular weight excluding hydrogens is 409 g/mol. The van der Waals surface area contributed by atoms with Crippen molar-refractivity contribution >= 4 is 32.5 Å². The predicted octanol–water partition coefficient (Wildman–Crippen LogP) is 4.15. The molecule has 0 aromatic heterocycles. The van der Waals surface area contributed by atoms with E-state index >= 15 is 0 Å². The molecule has 29 heavy (non-hydrogen) atoms. The van der Waals surface area contributed by atoms with Crippen molar-refractivity contribution in [1.29, 1.82) is 0 Å². The third kappa shape index (κ3) is 2.89. The van der Waals surface area contributed by atoms with Gasteiger partial charge in [-0.2, -0.15) is 21.6 Å². The Morgan fingerprint density at radius 3 is 2.21 bits per heavy atom. The molecule has 0 N–H and O–H groups in total. The van der Waals surface area contributed by atoms with Gasteiger partial charge in [-0.1, -0.05) is 42.0 Å². The van der Waals surface area contributed by atoms with Crippen molar-refractivity contribution in [3.05, 3.63) is 76.3 Å². The molecule has 0 saturated carbocycles. The lowest BCUT2D eigenvalue weighted by molar-refractivity contribution is -0.0500. The van der Waals surface area contributed by atoms with Crippen LogP contribution in [0, 0.1) is 6.92 Å². The summed E-state index contributed by atoms with van der Waals surface area (Å²) in [5.41, 5.74) is -5.37. The van der Waals surface area contributed by atoms with Gasteiger partial charge in [-0.3, -0.25) is 9.59 Å². The Kier molecular flexibility index (Phi) is 4.06. The highest BCUT2D eigenvalue weighted by Gasteiger charge is 2.49. The van der Waals surface area contributed by atoms with Crippen LogP contribution in [-0.4, -0.2) is 25.5 Å². The van der Waals surface area contributed by atoms with Crippen molar-refractivity contribution in [1.82, 2.24) is 0 Å². The van der Waals surface area contributed by atoms with Crippen molar-refractivity contribution in [3.63, 3.8) is 0 Å². The first kappa shape index (κ1) is 19.1. The summed E-state index contributed by atoms with van der Waals surface area (Å²) in [6.45, 7) is 1.87. The summed E-state index contributed by atoms with van der Waals surface area (Å²) in [5, 5.41) is 1.24. The minimum Gasteiger partial charge on any atom is -0.375 e. The molecule has 0 atom stereocenters. The number of alkyl halides is 3. The smallest absolute Gasteiger partial charge is 0.375 e. The zero-order valence-corrected chi connectivity index (χ0v) is 15.5. The number of halogens is 3. The Hall–Kier alpha value is -3.20. The maximum absolute atomic E-state index is 13.1. The maximum Gasteiger partial charge on any atom is 0.534 e. The van der Waals surface area contributed by atoms with Crippen LogP contribution >= 0.6 is 0 Å². The molecular formula is C20H11F3O5S. The third-order valence-electron chi connectivity index (χ3n) is 4.63. The first-order valence-electron chi connectivity index (χ1n) is 8.28. The van der Waals surface area contributed by atoms with Crippen molar-refractivity contribution in [3.8, 4) is 5.75 Å². The summed E-state index contributed by atoms with van der Waals surface area (Å²) in [6.07, 6.45) is 0. The molecule has 9 heteroatoms. The van der Waals surface area contributed by atoms with E-state index in [2.05, 4.69) is 4.18 Å². The highest BCUT2D eigenvalue weighted by Crippen LogP contribution is 2.38. The van der Waals surface area contributed by atoms with E-state index in [1.807, 2.05) is 13.0 Å². The fourth-order valence-electron chi connectivity index (χ4n) is 3.34. The second-order valence-electron chi connectivity index (χ2n) is 6.53. The Labute approximate surface area is 162 Å². The summed E-state index contributed by atoms with van der Waals surface area (Å²) in [7, 11) is -6.01. The van der Waals surface area contributed by atoms with E-state index in [4.69, 9.17) is 0 Å². The van der Waals surface area contributed by atoms with E-state index in [9.17, 15) is 31.2 Å². The molecule has 0 aliphatic heterocycles. The molecule has 148 valence electrons. The van der Waals surface area contributed by atoms with Crippen LogP contribution in [0.1, 0.15) is 37.4 Å². The molecule has 0 radical (unpaired) electrons. The van der Waals surface area contributed by atoms with Gasteiger partial charge in [0.05, 0.1) is 5.56 Å². The number of aryl methyl sites for hydroxylation is 1. The van der Waals surface area contributed by atoms with Gasteiger partial charge in [0.2, 0.25) is 0 Å². The number of rotatable bonds is 2. The second-order valence-corrected chi connectivity index (χ2v) is 8.07. The number of fused-ring (bicyclic) bond motifs is 4. The number of benzene rings is 3. The van der Waals surface area contributed by atoms with Crippen LogP contribution in [-0.2, 0) is 10.1 Å². The Morgan fingerprint density at radius 2 is 1.52 bits per heavy atom. The highest BCUT2D eigenvalue weighted by atomic mass is 32.2. The molecule has 0 fully saturated rings. The third-order valence-corrected chi connectivity index (χ3v) is 5.59. The number of ketones is 2. The van der Waals surface area contributed by atoms with Gasteiger partial charge in [-0.05, 0) is 29.8 Å². The van der Waals surface area contributed by atoms with E-state index in [0.717, 1.165) is 23.1 Å². The lowest BCUT2D eigenvalue weighted by Crippen LogP contribution is -2.30. The van der Waals surface area contributed by atoms with Crippen LogP contribution in [0.25, 0.3) is 10.8 Å². The summed E-state index contributed by atoms with van der Waals surface area (Å²) in [4.78, 5) is 26.1. The number of carbonyl (C=O) groups excluding carboxylic acids is 2. The highest BCUT2D eigenvalue weighted by molar-refractivity contribution is 7.88. The van der Waals surface area contributed by atoms with Gasteiger partial charge in [-0.15, -0.1) is 0 Å². The van der Waals surface area contributed by atoms with E-state index in [-0.39, 0.29) is 16.7 Å². The van der Waals surface area contributed by atoms with Crippen LogP contribution in [0.3, 0.4) is 0 Å². The van der Waals surface area contributed by atoms with Crippen LogP contribution in [0.5, 0.6) is 5.75 Å². The first-order chi connectivity index (χ1) is 13.5. The average molecular weight is 420 g/mol. The molecule has 0 heterocycles. The average Bonchev–Trinajstić information content (AvgIpc) is 2.63. The fraction of sp³-hybridized carbons (Fsp3) is 0.100. The van der Waals surface area contributed by atoms with E-state index in [1.54, 1.807) is 18.2 Å². The molecule has 0 amide bonds. The summed E-state index contributed by atoms with van der Waals surface area (Å²) >= 11 is 0. The number of carbonyl (C=O) groups is 2. The van der Waals surface area contributed by atoms with Gasteiger partial charge >= 0.3 is 15.6 Å². The van der Waals surface area contributed by atoms with Gasteiger partial charge in [0.1, 0.15) is 0 Å². The molecule has 0 spiro atoms. The first-order valence-corrected chi connectivity index (χ1v) is 9.68. The molecule has 0 bridgehead atoms. The Morgan fingerprint density at radius 1 is 0.862 bits per heavy atom. The van der Waals surface area contributed by atoms with Crippen LogP contribution in [0.4, 0.5) is 13.2 Å². The summed E-state index contributed by atoms with van der Waals surface area (Å²) in [5.74, 6) is -2.23. The molecule has 3 aromatic rings. The number of hydrogen-bond acceptors (Lipinski definition) is 5. The zero-order chi connectivity index (χ0) is 21.1. The van der Waals surface area contributed by atoms with Gasteiger partial charge in [0.25, 0.3) is 0 Å². The van der Waals surface area contributed by atoms with Gasteiger partial charge < -0.3 is 4.18 Å². The van der Waals surface area contributed by atoms with E-state index < -0.39 is 38.5 Å². The normalized spacial score (nSPS) is 13.9. The second kappa shape index (κ2) is 6.15. The molecule has 4 rings (SSSR count). The molecule has 0 saturated heterocycles. The lowest BCUT2D eigenvalue weighted by Gasteiger charge is -2.21. The van der Waals surface area contributed by atoms with E-state index in [1.165, 1.54) is 12.1 Å². The van der Waals surface area contributed by atoms with Crippen molar-refractivity contribution in [2.24, 2.45) is 0 Å². The molecule has 3 aromatic carbocycles. The zero-order valence-electron chi connectivity index (χ0n) is 14.7. The van der Waals surface area contributed by atoms with Crippen LogP contribution in [0.2, 0.25) is 0 Å². The lowest BCUT2D eigenvalue weighted by atomic mass is 9.81. The standard InChI is InChI=1S/C20H11F3O5S/c1-10-5-7-12-11(9-10)6-8-14-16(12)18(24)13-3-2-4-15(17(13)19(14)25)28-29(26,27)20(21,22)23/h2-9H,1H3. The van der Waals surface area contributed by atoms with Gasteiger partial charge in [0.15, 0.2) is 17.3 Å². The van der Waals surface area contributed by atoms with Crippen molar-refractivity contribution in [2.45, 2.75) is 12.4 Å². The van der Waals surface area contributed by atoms with Gasteiger partial charge in [-0.25, -0.2) is 0 Å². The monoisotopic (exact) mass is 420 g/mol. The minimum atomic E-state index is -6.01. The quantitative estimate of drug-likeness (QED) is 0.360. The topological polar surface area (TPSA) is 77.5 Å². The molecule has 1 aliphatic rings. The van der Waals surface area contributed by atoms with E-state index in [0.29, 0.717) is 5.39 Å². The molecule has 0 unspecified atom stereocenters. The largest absolute Gasteiger partial charge is 0.534 e. The van der Waals surface area contributed by atoms with Crippen molar-refractivity contribution < 1.29 is 35.4 Å².